The highest BCUT2D eigenvalue weighted by Gasteiger charge is 2.24. The second kappa shape index (κ2) is 5.85. The van der Waals surface area contributed by atoms with Gasteiger partial charge in [-0.25, -0.2) is 0 Å². The van der Waals surface area contributed by atoms with Gasteiger partial charge in [0.15, 0.2) is 0 Å². The first-order valence-electron chi connectivity index (χ1n) is 7.36. The Morgan fingerprint density at radius 1 is 1.45 bits per heavy atom. The SMILES string of the molecule is COCCN1CCCC1Cc1c[nH]c2ccc(N)cc12. The van der Waals surface area contributed by atoms with Crippen molar-refractivity contribution in [3.05, 3.63) is 30.0 Å². The Hall–Kier alpha value is -1.52. The number of H-pyrrole nitrogens is 1. The summed E-state index contributed by atoms with van der Waals surface area (Å²) in [7, 11) is 1.77. The number of aromatic amines is 1. The number of nitrogens with two attached hydrogens (primary N) is 1. The minimum Gasteiger partial charge on any atom is -0.399 e. The van der Waals surface area contributed by atoms with E-state index in [1.165, 1.54) is 35.9 Å². The first-order chi connectivity index (χ1) is 9.78. The molecule has 1 atom stereocenters. The number of benzene rings is 1. The summed E-state index contributed by atoms with van der Waals surface area (Å²) in [5, 5.41) is 1.27. The van der Waals surface area contributed by atoms with Crippen molar-refractivity contribution in [2.45, 2.75) is 25.3 Å². The molecule has 4 heteroatoms. The molecule has 0 radical (unpaired) electrons. The summed E-state index contributed by atoms with van der Waals surface area (Å²) < 4.78 is 5.21. The molecule has 1 aromatic heterocycles. The minimum atomic E-state index is 0.630. The number of methoxy groups -OCH3 is 1. The highest BCUT2D eigenvalue weighted by Crippen LogP contribution is 2.26. The fraction of sp³-hybridized carbons (Fsp3) is 0.500. The largest absolute Gasteiger partial charge is 0.399 e. The lowest BCUT2D eigenvalue weighted by atomic mass is 10.0. The maximum Gasteiger partial charge on any atom is 0.0589 e. The number of aromatic nitrogens is 1. The van der Waals surface area contributed by atoms with Crippen molar-refractivity contribution in [3.8, 4) is 0 Å². The molecule has 3 N–H and O–H groups in total. The van der Waals surface area contributed by atoms with Gasteiger partial charge in [0.05, 0.1) is 6.61 Å². The summed E-state index contributed by atoms with van der Waals surface area (Å²) >= 11 is 0. The molecular formula is C16H23N3O. The molecule has 1 fully saturated rings. The van der Waals surface area contributed by atoms with Gasteiger partial charge in [0.2, 0.25) is 0 Å². The van der Waals surface area contributed by atoms with Crippen LogP contribution in [0.1, 0.15) is 18.4 Å². The first kappa shape index (κ1) is 13.5. The quantitative estimate of drug-likeness (QED) is 0.823. The second-order valence-corrected chi connectivity index (χ2v) is 5.65. The molecule has 20 heavy (non-hydrogen) atoms. The van der Waals surface area contributed by atoms with Gasteiger partial charge in [-0.05, 0) is 49.6 Å². The smallest absolute Gasteiger partial charge is 0.0589 e. The van der Waals surface area contributed by atoms with Crippen LogP contribution in [0.25, 0.3) is 10.9 Å². The maximum absolute atomic E-state index is 5.91. The summed E-state index contributed by atoms with van der Waals surface area (Å²) in [5.74, 6) is 0. The van der Waals surface area contributed by atoms with Crippen LogP contribution in [0.15, 0.2) is 24.4 Å². The average molecular weight is 273 g/mol. The molecule has 1 aliphatic heterocycles. The van der Waals surface area contributed by atoms with Crippen molar-refractivity contribution in [3.63, 3.8) is 0 Å². The van der Waals surface area contributed by atoms with Gasteiger partial charge in [0.1, 0.15) is 0 Å². The van der Waals surface area contributed by atoms with Gasteiger partial charge < -0.3 is 15.5 Å². The molecule has 3 rings (SSSR count). The first-order valence-corrected chi connectivity index (χ1v) is 7.36. The standard InChI is InChI=1S/C16H23N3O/c1-20-8-7-19-6-2-3-14(19)9-12-11-18-16-5-4-13(17)10-15(12)16/h4-5,10-11,14,18H,2-3,6-9,17H2,1H3. The van der Waals surface area contributed by atoms with Gasteiger partial charge in [-0.3, -0.25) is 4.90 Å². The van der Waals surface area contributed by atoms with Gasteiger partial charge in [-0.1, -0.05) is 0 Å². The number of hydrogen-bond donors (Lipinski definition) is 2. The predicted molar refractivity (Wildman–Crippen MR) is 82.9 cm³/mol. The van der Waals surface area contributed by atoms with E-state index in [1.54, 1.807) is 7.11 Å². The van der Waals surface area contributed by atoms with E-state index in [1.807, 2.05) is 6.07 Å². The second-order valence-electron chi connectivity index (χ2n) is 5.65. The van der Waals surface area contributed by atoms with E-state index in [4.69, 9.17) is 10.5 Å². The summed E-state index contributed by atoms with van der Waals surface area (Å²) in [5.41, 5.74) is 9.30. The zero-order chi connectivity index (χ0) is 13.9. The molecule has 1 aliphatic rings. The zero-order valence-electron chi connectivity index (χ0n) is 12.1. The molecular weight excluding hydrogens is 250 g/mol. The van der Waals surface area contributed by atoms with Crippen LogP contribution in [0.5, 0.6) is 0 Å². The molecule has 4 nitrogen and oxygen atoms in total. The number of nitrogen functional groups attached to an aromatic ring is 1. The molecule has 108 valence electrons. The Bertz CT molecular complexity index is 578. The summed E-state index contributed by atoms with van der Waals surface area (Å²) in [6.45, 7) is 3.04. The predicted octanol–water partition coefficient (Wildman–Crippen LogP) is 2.40. The number of rotatable bonds is 5. The maximum atomic E-state index is 5.91. The van der Waals surface area contributed by atoms with Crippen molar-refractivity contribution in [2.24, 2.45) is 0 Å². The van der Waals surface area contributed by atoms with Crippen LogP contribution >= 0.6 is 0 Å². The molecule has 2 aromatic rings. The van der Waals surface area contributed by atoms with Crippen LogP contribution in [0, 0.1) is 0 Å². The van der Waals surface area contributed by atoms with Crippen LogP contribution in [0.4, 0.5) is 5.69 Å². The summed E-state index contributed by atoms with van der Waals surface area (Å²) in [6.07, 6.45) is 5.79. The molecule has 0 amide bonds. The molecule has 1 saturated heterocycles. The summed E-state index contributed by atoms with van der Waals surface area (Å²) in [6, 6.07) is 6.72. The molecule has 0 saturated carbocycles. The number of nitrogens with one attached hydrogen (secondary N) is 1. The van der Waals surface area contributed by atoms with Gasteiger partial charge in [-0.15, -0.1) is 0 Å². The van der Waals surface area contributed by atoms with E-state index in [-0.39, 0.29) is 0 Å². The highest BCUT2D eigenvalue weighted by atomic mass is 16.5. The fourth-order valence-corrected chi connectivity index (χ4v) is 3.25. The normalized spacial score (nSPS) is 19.9. The van der Waals surface area contributed by atoms with Crippen LogP contribution in [-0.4, -0.2) is 42.7 Å². The third kappa shape index (κ3) is 2.67. The highest BCUT2D eigenvalue weighted by molar-refractivity contribution is 5.86. The van der Waals surface area contributed by atoms with Gasteiger partial charge >= 0.3 is 0 Å². The fourth-order valence-electron chi connectivity index (χ4n) is 3.25. The van der Waals surface area contributed by atoms with Crippen molar-refractivity contribution in [2.75, 3.05) is 32.5 Å². The van der Waals surface area contributed by atoms with Gasteiger partial charge in [0.25, 0.3) is 0 Å². The Labute approximate surface area is 119 Å². The van der Waals surface area contributed by atoms with Gasteiger partial charge in [0, 0.05) is 42.5 Å². The molecule has 2 heterocycles. The molecule has 1 aromatic carbocycles. The topological polar surface area (TPSA) is 54.3 Å². The lowest BCUT2D eigenvalue weighted by Gasteiger charge is -2.23. The van der Waals surface area contributed by atoms with Crippen LogP contribution in [0.2, 0.25) is 0 Å². The number of likely N-dealkylation sites (tertiary alicyclic amines) is 1. The van der Waals surface area contributed by atoms with E-state index in [2.05, 4.69) is 28.2 Å². The minimum absolute atomic E-state index is 0.630. The number of hydrogen-bond acceptors (Lipinski definition) is 3. The van der Waals surface area contributed by atoms with E-state index >= 15 is 0 Å². The Morgan fingerprint density at radius 3 is 3.20 bits per heavy atom. The Balaban J connectivity index is 1.76. The monoisotopic (exact) mass is 273 g/mol. The van der Waals surface area contributed by atoms with Crippen molar-refractivity contribution >= 4 is 16.6 Å². The number of nitrogens with zero attached hydrogens (tertiary/aromatic N) is 1. The number of fused-ring (bicyclic) bond motifs is 1. The molecule has 1 unspecified atom stereocenters. The van der Waals surface area contributed by atoms with Gasteiger partial charge in [-0.2, -0.15) is 0 Å². The molecule has 0 bridgehead atoms. The Kier molecular flexibility index (Phi) is 3.94. The van der Waals surface area contributed by atoms with Crippen LogP contribution in [-0.2, 0) is 11.2 Å². The molecule has 0 spiro atoms. The van der Waals surface area contributed by atoms with E-state index < -0.39 is 0 Å². The lowest BCUT2D eigenvalue weighted by molar-refractivity contribution is 0.141. The van der Waals surface area contributed by atoms with E-state index in [0.29, 0.717) is 6.04 Å². The number of anilines is 1. The third-order valence-corrected chi connectivity index (χ3v) is 4.33. The van der Waals surface area contributed by atoms with E-state index in [0.717, 1.165) is 25.3 Å². The van der Waals surface area contributed by atoms with Crippen LogP contribution in [0.3, 0.4) is 0 Å². The average Bonchev–Trinajstić information content (AvgIpc) is 3.04. The zero-order valence-corrected chi connectivity index (χ0v) is 12.1. The van der Waals surface area contributed by atoms with Crippen molar-refractivity contribution in [1.29, 1.82) is 0 Å². The van der Waals surface area contributed by atoms with Crippen molar-refractivity contribution in [1.82, 2.24) is 9.88 Å². The van der Waals surface area contributed by atoms with Crippen molar-refractivity contribution < 1.29 is 4.74 Å². The molecule has 0 aliphatic carbocycles. The van der Waals surface area contributed by atoms with E-state index in [9.17, 15) is 0 Å². The summed E-state index contributed by atoms with van der Waals surface area (Å²) in [4.78, 5) is 5.90. The third-order valence-electron chi connectivity index (χ3n) is 4.33. The Morgan fingerprint density at radius 2 is 2.35 bits per heavy atom. The number of ether oxygens (including phenoxy) is 1. The lowest BCUT2D eigenvalue weighted by Crippen LogP contribution is -2.33. The van der Waals surface area contributed by atoms with Crippen LogP contribution < -0.4 is 5.73 Å².